The van der Waals surface area contributed by atoms with E-state index < -0.39 is 0 Å². The third-order valence-corrected chi connectivity index (χ3v) is 3.38. The molecule has 1 aliphatic carbocycles. The van der Waals surface area contributed by atoms with Crippen molar-refractivity contribution in [2.24, 2.45) is 5.92 Å². The Morgan fingerprint density at radius 3 is 2.56 bits per heavy atom. The second-order valence-corrected chi connectivity index (χ2v) is 4.71. The third-order valence-electron chi connectivity index (χ3n) is 3.38. The van der Waals surface area contributed by atoms with Crippen LogP contribution in [0, 0.1) is 5.92 Å². The Balaban J connectivity index is 2.05. The van der Waals surface area contributed by atoms with Crippen LogP contribution in [0.1, 0.15) is 32.6 Å². The summed E-state index contributed by atoms with van der Waals surface area (Å²) in [7, 11) is 0. The van der Waals surface area contributed by atoms with Gasteiger partial charge in [0.25, 0.3) is 0 Å². The number of anilines is 2. The molecule has 3 heteroatoms. The van der Waals surface area contributed by atoms with E-state index in [1.807, 2.05) is 12.1 Å². The molecule has 0 radical (unpaired) electrons. The number of nitrogen functional groups attached to an aromatic ring is 2. The topological polar surface area (TPSA) is 61.3 Å². The van der Waals surface area contributed by atoms with Gasteiger partial charge in [-0.1, -0.05) is 13.3 Å². The van der Waals surface area contributed by atoms with E-state index in [0.29, 0.717) is 23.4 Å². The molecule has 2 unspecified atom stereocenters. The minimum absolute atomic E-state index is 0.330. The van der Waals surface area contributed by atoms with E-state index in [0.717, 1.165) is 12.2 Å². The van der Waals surface area contributed by atoms with Crippen molar-refractivity contribution in [2.45, 2.75) is 38.7 Å². The minimum Gasteiger partial charge on any atom is -0.490 e. The number of nitrogens with two attached hydrogens (primary N) is 2. The van der Waals surface area contributed by atoms with Crippen LogP contribution in [0.25, 0.3) is 0 Å². The van der Waals surface area contributed by atoms with Gasteiger partial charge in [0.2, 0.25) is 0 Å². The van der Waals surface area contributed by atoms with Gasteiger partial charge < -0.3 is 16.2 Å². The van der Waals surface area contributed by atoms with Crippen LogP contribution in [0.2, 0.25) is 0 Å². The fraction of sp³-hybridized carbons (Fsp3) is 0.538. The third kappa shape index (κ3) is 2.40. The number of hydrogen-bond acceptors (Lipinski definition) is 3. The van der Waals surface area contributed by atoms with Crippen LogP contribution in [0.5, 0.6) is 5.75 Å². The monoisotopic (exact) mass is 220 g/mol. The number of rotatable bonds is 2. The first-order chi connectivity index (χ1) is 7.66. The molecule has 0 aliphatic heterocycles. The van der Waals surface area contributed by atoms with Crippen molar-refractivity contribution in [2.75, 3.05) is 11.5 Å². The van der Waals surface area contributed by atoms with Crippen molar-refractivity contribution in [1.82, 2.24) is 0 Å². The van der Waals surface area contributed by atoms with E-state index in [4.69, 9.17) is 16.2 Å². The lowest BCUT2D eigenvalue weighted by molar-refractivity contribution is 0.103. The lowest BCUT2D eigenvalue weighted by Gasteiger charge is -2.29. The summed E-state index contributed by atoms with van der Waals surface area (Å²) in [5, 5.41) is 0. The van der Waals surface area contributed by atoms with Crippen LogP contribution in [0.3, 0.4) is 0 Å². The number of hydrogen-bond donors (Lipinski definition) is 2. The SMILES string of the molecule is CC1CCCCC1Oc1ccc(N)c(N)c1. The summed E-state index contributed by atoms with van der Waals surface area (Å²) in [6, 6.07) is 5.52. The number of ether oxygens (including phenoxy) is 1. The van der Waals surface area contributed by atoms with Gasteiger partial charge in [0, 0.05) is 6.07 Å². The summed E-state index contributed by atoms with van der Waals surface area (Å²) in [6.07, 6.45) is 5.32. The molecule has 2 rings (SSSR count). The first-order valence-electron chi connectivity index (χ1n) is 5.98. The molecule has 0 spiro atoms. The van der Waals surface area contributed by atoms with Crippen molar-refractivity contribution in [3.05, 3.63) is 18.2 Å². The molecule has 16 heavy (non-hydrogen) atoms. The molecule has 3 nitrogen and oxygen atoms in total. The molecule has 1 aromatic carbocycles. The van der Waals surface area contributed by atoms with Gasteiger partial charge in [0.15, 0.2) is 0 Å². The minimum atomic E-state index is 0.330. The van der Waals surface area contributed by atoms with E-state index in [9.17, 15) is 0 Å². The average Bonchev–Trinajstić information content (AvgIpc) is 2.27. The van der Waals surface area contributed by atoms with Crippen LogP contribution in [-0.4, -0.2) is 6.10 Å². The van der Waals surface area contributed by atoms with Crippen LogP contribution in [0.15, 0.2) is 18.2 Å². The van der Waals surface area contributed by atoms with Crippen molar-refractivity contribution >= 4 is 11.4 Å². The van der Waals surface area contributed by atoms with E-state index in [2.05, 4.69) is 6.92 Å². The standard InChI is InChI=1S/C13H20N2O/c1-9-4-2-3-5-13(9)16-10-6-7-11(14)12(15)8-10/h6-9,13H,2-5,14-15H2,1H3. The molecule has 0 bridgehead atoms. The smallest absolute Gasteiger partial charge is 0.121 e. The Morgan fingerprint density at radius 2 is 1.88 bits per heavy atom. The van der Waals surface area contributed by atoms with E-state index in [1.165, 1.54) is 19.3 Å². The normalized spacial score (nSPS) is 25.3. The molecule has 1 aromatic rings. The molecule has 1 saturated carbocycles. The summed E-state index contributed by atoms with van der Waals surface area (Å²) in [5.74, 6) is 1.47. The first kappa shape index (κ1) is 11.1. The Labute approximate surface area is 96.8 Å². The van der Waals surface area contributed by atoms with Crippen molar-refractivity contribution in [3.8, 4) is 5.75 Å². The zero-order chi connectivity index (χ0) is 11.5. The molecule has 0 saturated heterocycles. The Morgan fingerprint density at radius 1 is 1.12 bits per heavy atom. The highest BCUT2D eigenvalue weighted by Crippen LogP contribution is 2.29. The van der Waals surface area contributed by atoms with E-state index >= 15 is 0 Å². The molecule has 1 aliphatic rings. The van der Waals surface area contributed by atoms with Crippen molar-refractivity contribution in [1.29, 1.82) is 0 Å². The molecule has 88 valence electrons. The summed E-state index contributed by atoms with van der Waals surface area (Å²) >= 11 is 0. The van der Waals surface area contributed by atoms with Gasteiger partial charge in [-0.25, -0.2) is 0 Å². The fourth-order valence-corrected chi connectivity index (χ4v) is 2.26. The highest BCUT2D eigenvalue weighted by atomic mass is 16.5. The quantitative estimate of drug-likeness (QED) is 0.753. The van der Waals surface area contributed by atoms with Crippen LogP contribution in [-0.2, 0) is 0 Å². The lowest BCUT2D eigenvalue weighted by Crippen LogP contribution is -2.28. The fourth-order valence-electron chi connectivity index (χ4n) is 2.26. The Hall–Kier alpha value is -1.38. The molecule has 4 N–H and O–H groups in total. The summed E-state index contributed by atoms with van der Waals surface area (Å²) in [5.41, 5.74) is 12.6. The second kappa shape index (κ2) is 4.64. The van der Waals surface area contributed by atoms with E-state index in [-0.39, 0.29) is 0 Å². The molecule has 1 fully saturated rings. The van der Waals surface area contributed by atoms with Gasteiger partial charge >= 0.3 is 0 Å². The lowest BCUT2D eigenvalue weighted by atomic mass is 9.88. The highest BCUT2D eigenvalue weighted by Gasteiger charge is 2.22. The summed E-state index contributed by atoms with van der Waals surface area (Å²) in [4.78, 5) is 0. The maximum absolute atomic E-state index is 5.97. The zero-order valence-corrected chi connectivity index (χ0v) is 9.78. The Bertz CT molecular complexity index is 365. The maximum Gasteiger partial charge on any atom is 0.121 e. The first-order valence-corrected chi connectivity index (χ1v) is 5.98. The van der Waals surface area contributed by atoms with Gasteiger partial charge in [-0.05, 0) is 37.3 Å². The average molecular weight is 220 g/mol. The van der Waals surface area contributed by atoms with Gasteiger partial charge in [0.05, 0.1) is 11.4 Å². The predicted molar refractivity (Wildman–Crippen MR) is 67.3 cm³/mol. The summed E-state index contributed by atoms with van der Waals surface area (Å²) in [6.45, 7) is 2.25. The predicted octanol–water partition coefficient (Wildman–Crippen LogP) is 2.81. The molecular weight excluding hydrogens is 200 g/mol. The molecule has 0 heterocycles. The van der Waals surface area contributed by atoms with Gasteiger partial charge in [0.1, 0.15) is 11.9 Å². The molecule has 2 atom stereocenters. The van der Waals surface area contributed by atoms with Gasteiger partial charge in [-0.15, -0.1) is 0 Å². The largest absolute Gasteiger partial charge is 0.490 e. The number of benzene rings is 1. The van der Waals surface area contributed by atoms with Crippen molar-refractivity contribution < 1.29 is 4.74 Å². The maximum atomic E-state index is 5.97. The van der Waals surface area contributed by atoms with Crippen LogP contribution in [0.4, 0.5) is 11.4 Å². The van der Waals surface area contributed by atoms with E-state index in [1.54, 1.807) is 6.07 Å². The van der Waals surface area contributed by atoms with Crippen LogP contribution < -0.4 is 16.2 Å². The second-order valence-electron chi connectivity index (χ2n) is 4.71. The zero-order valence-electron chi connectivity index (χ0n) is 9.78. The molecule has 0 amide bonds. The van der Waals surface area contributed by atoms with Gasteiger partial charge in [-0.2, -0.15) is 0 Å². The summed E-state index contributed by atoms with van der Waals surface area (Å²) < 4.78 is 5.97. The molecular formula is C13H20N2O. The Kier molecular flexibility index (Phi) is 3.22. The van der Waals surface area contributed by atoms with Gasteiger partial charge in [-0.3, -0.25) is 0 Å². The molecule has 0 aromatic heterocycles. The highest BCUT2D eigenvalue weighted by molar-refractivity contribution is 5.65. The van der Waals surface area contributed by atoms with Crippen molar-refractivity contribution in [3.63, 3.8) is 0 Å². The van der Waals surface area contributed by atoms with Crippen LogP contribution >= 0.6 is 0 Å².